The number of halogens is 4. The third-order valence-electron chi connectivity index (χ3n) is 6.13. The molecule has 4 heterocycles. The van der Waals surface area contributed by atoms with E-state index in [2.05, 4.69) is 42.6 Å². The Morgan fingerprint density at radius 3 is 2.62 bits per heavy atom. The molecule has 2 aromatic rings. The van der Waals surface area contributed by atoms with Crippen molar-refractivity contribution in [3.8, 4) is 0 Å². The number of hydrogen-bond donors (Lipinski definition) is 2. The number of amidine groups is 1. The molecule has 0 amide bonds. The van der Waals surface area contributed by atoms with Crippen LogP contribution in [0.5, 0.6) is 0 Å². The summed E-state index contributed by atoms with van der Waals surface area (Å²) in [5, 5.41) is 10.9. The molecule has 1 saturated heterocycles. The number of alkyl halides is 4. The van der Waals surface area contributed by atoms with Gasteiger partial charge in [-0.15, -0.1) is 5.10 Å². The van der Waals surface area contributed by atoms with E-state index in [-0.39, 0.29) is 36.5 Å². The highest BCUT2D eigenvalue weighted by atomic mass is 19.4. The second kappa shape index (κ2) is 11.6. The monoisotopic (exact) mass is 552 g/mol. The summed E-state index contributed by atoms with van der Waals surface area (Å²) in [5.74, 6) is 0.738. The summed E-state index contributed by atoms with van der Waals surface area (Å²) < 4.78 is 61.0. The average Bonchev–Trinajstić information content (AvgIpc) is 3.32. The van der Waals surface area contributed by atoms with Crippen molar-refractivity contribution in [1.29, 1.82) is 0 Å². The lowest BCUT2D eigenvalue weighted by Gasteiger charge is -2.31. The molecule has 2 N–H and O–H groups in total. The number of aromatic nitrogens is 4. The summed E-state index contributed by atoms with van der Waals surface area (Å²) in [7, 11) is 1.85. The highest BCUT2D eigenvalue weighted by molar-refractivity contribution is 6.00. The molecular weight excluding hydrogens is 520 g/mol. The van der Waals surface area contributed by atoms with Crippen LogP contribution in [0.1, 0.15) is 26.0 Å². The normalized spacial score (nSPS) is 18.9. The van der Waals surface area contributed by atoms with Gasteiger partial charge in [0.1, 0.15) is 11.5 Å². The maximum Gasteiger partial charge on any atom is 0.435 e. The predicted molar refractivity (Wildman–Crippen MR) is 141 cm³/mol. The first-order valence-electron chi connectivity index (χ1n) is 12.4. The van der Waals surface area contributed by atoms with Crippen molar-refractivity contribution in [2.75, 3.05) is 56.7 Å². The van der Waals surface area contributed by atoms with Crippen LogP contribution in [-0.2, 0) is 10.9 Å². The maximum atomic E-state index is 14.1. The Labute approximate surface area is 223 Å². The van der Waals surface area contributed by atoms with Gasteiger partial charge in [0.2, 0.25) is 5.95 Å². The van der Waals surface area contributed by atoms with Gasteiger partial charge in [-0.3, -0.25) is 10.4 Å². The lowest BCUT2D eigenvalue weighted by atomic mass is 9.97. The molecule has 0 aromatic carbocycles. The Morgan fingerprint density at radius 2 is 1.97 bits per heavy atom. The molecule has 0 saturated carbocycles. The SMILES string of the molecule is C=NNC(=NCCNc1nc(N2CCOCC2)nn2c(C(F)(F)F)cnc12)C1=CN(C)C(CC(C)(C)F)C=C1. The highest BCUT2D eigenvalue weighted by Gasteiger charge is 2.36. The van der Waals surface area contributed by atoms with Gasteiger partial charge in [-0.05, 0) is 13.8 Å². The zero-order valence-corrected chi connectivity index (χ0v) is 22.0. The molecule has 1 fully saturated rings. The third-order valence-corrected chi connectivity index (χ3v) is 6.13. The zero-order chi connectivity index (χ0) is 28.2. The van der Waals surface area contributed by atoms with Crippen LogP contribution in [0, 0.1) is 0 Å². The number of fused-ring (bicyclic) bond motifs is 1. The van der Waals surface area contributed by atoms with Crippen LogP contribution < -0.4 is 15.6 Å². The molecule has 4 rings (SSSR count). The fourth-order valence-electron chi connectivity index (χ4n) is 4.25. The van der Waals surface area contributed by atoms with Gasteiger partial charge in [-0.1, -0.05) is 12.2 Å². The number of morpholine rings is 1. The van der Waals surface area contributed by atoms with Crippen LogP contribution in [0.25, 0.3) is 5.65 Å². The number of hydrogen-bond acceptors (Lipinski definition) is 9. The first-order valence-corrected chi connectivity index (χ1v) is 12.4. The number of anilines is 2. The van der Waals surface area contributed by atoms with E-state index in [1.54, 1.807) is 18.7 Å². The predicted octanol–water partition coefficient (Wildman–Crippen LogP) is 2.89. The number of rotatable bonds is 9. The van der Waals surface area contributed by atoms with Gasteiger partial charge in [0.05, 0.1) is 26.0 Å². The van der Waals surface area contributed by atoms with Crippen LogP contribution in [0.4, 0.5) is 29.3 Å². The molecule has 2 aliphatic heterocycles. The quantitative estimate of drug-likeness (QED) is 0.161. The Balaban J connectivity index is 1.51. The molecule has 0 aliphatic carbocycles. The van der Waals surface area contributed by atoms with E-state index in [0.717, 1.165) is 16.3 Å². The average molecular weight is 553 g/mol. The van der Waals surface area contributed by atoms with E-state index in [1.807, 2.05) is 30.3 Å². The lowest BCUT2D eigenvalue weighted by Crippen LogP contribution is -2.38. The van der Waals surface area contributed by atoms with E-state index in [0.29, 0.717) is 38.6 Å². The third kappa shape index (κ3) is 7.02. The van der Waals surface area contributed by atoms with Crippen molar-refractivity contribution < 1.29 is 22.3 Å². The highest BCUT2D eigenvalue weighted by Crippen LogP contribution is 2.31. The maximum absolute atomic E-state index is 14.1. The summed E-state index contributed by atoms with van der Waals surface area (Å²) in [6.45, 7) is 8.76. The van der Waals surface area contributed by atoms with Crippen LogP contribution >= 0.6 is 0 Å². The van der Waals surface area contributed by atoms with Gasteiger partial charge in [-0.25, -0.2) is 13.9 Å². The number of likely N-dealkylation sites (N-methyl/N-ethyl adjacent to an activating group) is 1. The van der Waals surface area contributed by atoms with Gasteiger partial charge in [-0.2, -0.15) is 23.3 Å². The molecule has 1 unspecified atom stereocenters. The summed E-state index contributed by atoms with van der Waals surface area (Å²) in [4.78, 5) is 16.6. The fourth-order valence-corrected chi connectivity index (χ4v) is 4.25. The van der Waals surface area contributed by atoms with E-state index >= 15 is 0 Å². The Kier molecular flexibility index (Phi) is 8.37. The summed E-state index contributed by atoms with van der Waals surface area (Å²) >= 11 is 0. The Hall–Kier alpha value is -3.75. The summed E-state index contributed by atoms with van der Waals surface area (Å²) in [6, 6.07) is -0.106. The molecule has 11 nitrogen and oxygen atoms in total. The second-order valence-electron chi connectivity index (χ2n) is 9.76. The number of aliphatic imine (C=N–C) groups is 1. The van der Waals surface area contributed by atoms with Gasteiger partial charge in [0, 0.05) is 57.6 Å². The first kappa shape index (κ1) is 28.3. The second-order valence-corrected chi connectivity index (χ2v) is 9.76. The minimum Gasteiger partial charge on any atom is -0.378 e. The smallest absolute Gasteiger partial charge is 0.378 e. The molecule has 0 bridgehead atoms. The van der Waals surface area contributed by atoms with Gasteiger partial charge >= 0.3 is 6.18 Å². The van der Waals surface area contributed by atoms with Crippen LogP contribution in [0.3, 0.4) is 0 Å². The zero-order valence-electron chi connectivity index (χ0n) is 22.0. The molecule has 15 heteroatoms. The van der Waals surface area contributed by atoms with Crippen LogP contribution in [0.2, 0.25) is 0 Å². The van der Waals surface area contributed by atoms with Crippen molar-refractivity contribution in [2.24, 2.45) is 10.1 Å². The lowest BCUT2D eigenvalue weighted by molar-refractivity contribution is -0.142. The molecule has 212 valence electrons. The summed E-state index contributed by atoms with van der Waals surface area (Å²) in [5.41, 5.74) is 1.13. The van der Waals surface area contributed by atoms with Gasteiger partial charge < -0.3 is 19.9 Å². The van der Waals surface area contributed by atoms with Gasteiger partial charge in [0.15, 0.2) is 17.2 Å². The standard InChI is InChI=1S/C24H32F4N10O/c1-23(2,25)13-17-6-5-16(15-36(17)4)19(34-29-3)30-7-8-31-20-21-32-14-18(24(26,27)28)38(21)35-22(33-20)37-9-11-39-12-10-37/h5-6,14-15,17H,3,7-13H2,1-2,4H3,(H,30,34)(H,31,33,35). The van der Waals surface area contributed by atoms with E-state index in [4.69, 9.17) is 4.74 Å². The molecule has 0 radical (unpaired) electrons. The van der Waals surface area contributed by atoms with Crippen molar-refractivity contribution in [3.05, 3.63) is 35.8 Å². The number of imidazole rings is 1. The van der Waals surface area contributed by atoms with Crippen molar-refractivity contribution >= 4 is 30.0 Å². The Morgan fingerprint density at radius 1 is 1.23 bits per heavy atom. The molecule has 1 atom stereocenters. The van der Waals surface area contributed by atoms with Crippen molar-refractivity contribution in [2.45, 2.75) is 38.2 Å². The Bertz CT molecular complexity index is 1260. The minimum absolute atomic E-state index is 0.0456. The molecule has 39 heavy (non-hydrogen) atoms. The first-order chi connectivity index (χ1) is 18.5. The van der Waals surface area contributed by atoms with E-state index in [1.165, 1.54) is 0 Å². The number of nitrogens with one attached hydrogen (secondary N) is 2. The summed E-state index contributed by atoms with van der Waals surface area (Å²) in [6.07, 6.45) is 2.01. The topological polar surface area (TPSA) is 108 Å². The molecule has 2 aliphatic rings. The van der Waals surface area contributed by atoms with Gasteiger partial charge in [0.25, 0.3) is 0 Å². The number of hydrazone groups is 1. The number of ether oxygens (including phenoxy) is 1. The van der Waals surface area contributed by atoms with Crippen molar-refractivity contribution in [3.63, 3.8) is 0 Å². The van der Waals surface area contributed by atoms with Crippen molar-refractivity contribution in [1.82, 2.24) is 29.9 Å². The van der Waals surface area contributed by atoms with E-state index < -0.39 is 17.5 Å². The van der Waals surface area contributed by atoms with E-state index in [9.17, 15) is 17.6 Å². The van der Waals surface area contributed by atoms with Crippen LogP contribution in [0.15, 0.2) is 40.2 Å². The largest absolute Gasteiger partial charge is 0.435 e. The number of nitrogens with zero attached hydrogens (tertiary/aromatic N) is 8. The molecule has 2 aromatic heterocycles. The fraction of sp³-hybridized carbons (Fsp3) is 0.542. The molecular formula is C24H32F4N10O. The van der Waals surface area contributed by atoms with Crippen LogP contribution in [-0.4, -0.2) is 95.2 Å². The minimum atomic E-state index is -4.64. The molecule has 0 spiro atoms.